The smallest absolute Gasteiger partial charge is 0.309 e. The number of aliphatic hydroxyl groups excluding tert-OH is 1. The summed E-state index contributed by atoms with van der Waals surface area (Å²) in [7, 11) is 0. The molecule has 0 spiro atoms. The Bertz CT molecular complexity index is 1010. The highest BCUT2D eigenvalue weighted by Crippen LogP contribution is 2.21. The number of hydrogen-bond acceptors (Lipinski definition) is 5. The number of carbonyl (C=O) groups is 3. The quantitative estimate of drug-likeness (QED) is 0.416. The third-order valence-electron chi connectivity index (χ3n) is 5.88. The molecule has 0 aliphatic carbocycles. The van der Waals surface area contributed by atoms with Gasteiger partial charge in [-0.05, 0) is 42.5 Å². The first kappa shape index (κ1) is 26.1. The number of aliphatic hydroxyl groups is 1. The number of hydrogen-bond donors (Lipinski definition) is 3. The zero-order chi connectivity index (χ0) is 25.0. The largest absolute Gasteiger partial charge is 0.463 e. The molecule has 0 radical (unpaired) electrons. The van der Waals surface area contributed by atoms with Gasteiger partial charge in [-0.2, -0.15) is 0 Å². The summed E-state index contributed by atoms with van der Waals surface area (Å²) in [5, 5.41) is 14.5. The van der Waals surface area contributed by atoms with Gasteiger partial charge in [-0.15, -0.1) is 0 Å². The molecule has 0 saturated carbocycles. The Kier molecular flexibility index (Phi) is 9.98. The number of rotatable bonds is 7. The molecule has 8 heteroatoms. The van der Waals surface area contributed by atoms with Gasteiger partial charge in [0, 0.05) is 13.0 Å². The van der Waals surface area contributed by atoms with Crippen LogP contribution in [0.5, 0.6) is 0 Å². The van der Waals surface area contributed by atoms with Crippen LogP contribution in [0.2, 0.25) is 0 Å². The van der Waals surface area contributed by atoms with Gasteiger partial charge in [-0.3, -0.25) is 14.4 Å². The van der Waals surface area contributed by atoms with Crippen LogP contribution in [0.1, 0.15) is 36.4 Å². The summed E-state index contributed by atoms with van der Waals surface area (Å²) in [6.07, 6.45) is 4.68. The van der Waals surface area contributed by atoms with Crippen LogP contribution in [0.4, 0.5) is 4.39 Å². The Balaban J connectivity index is 1.81. The number of cyclic esters (lactones) is 1. The molecule has 0 aromatic heterocycles. The van der Waals surface area contributed by atoms with Crippen LogP contribution in [0.15, 0.2) is 66.7 Å². The molecule has 0 saturated heterocycles. The van der Waals surface area contributed by atoms with Crippen LogP contribution < -0.4 is 10.6 Å². The first-order chi connectivity index (χ1) is 17.0. The van der Waals surface area contributed by atoms with Crippen LogP contribution in [-0.4, -0.2) is 42.6 Å². The second kappa shape index (κ2) is 13.4. The van der Waals surface area contributed by atoms with Gasteiger partial charge >= 0.3 is 5.97 Å². The average molecular weight is 483 g/mol. The molecule has 7 nitrogen and oxygen atoms in total. The van der Waals surface area contributed by atoms with E-state index in [2.05, 4.69) is 10.6 Å². The topological polar surface area (TPSA) is 105 Å². The number of carbonyl (C=O) groups excluding carboxylic acids is 3. The lowest BCUT2D eigenvalue weighted by molar-refractivity contribution is -0.150. The fourth-order valence-corrected chi connectivity index (χ4v) is 3.94. The van der Waals surface area contributed by atoms with Gasteiger partial charge in [0.1, 0.15) is 12.4 Å². The van der Waals surface area contributed by atoms with E-state index in [1.165, 1.54) is 12.1 Å². The molecule has 3 rings (SSSR count). The lowest BCUT2D eigenvalue weighted by Gasteiger charge is -2.24. The van der Waals surface area contributed by atoms with E-state index >= 15 is 0 Å². The Morgan fingerprint density at radius 3 is 2.40 bits per heavy atom. The molecule has 0 unspecified atom stereocenters. The SMILES string of the molecule is O=C(C[C@@H]1C/C=C\C[C@H](Cc2ccc(F)cc2)C(=O)OC[C@@H](c2ccccc2)NC1=O)NCCO. The summed E-state index contributed by atoms with van der Waals surface area (Å²) in [5.41, 5.74) is 1.60. The Morgan fingerprint density at radius 2 is 1.71 bits per heavy atom. The molecule has 1 aliphatic rings. The number of ether oxygens (including phenoxy) is 1. The van der Waals surface area contributed by atoms with Crippen LogP contribution in [0.3, 0.4) is 0 Å². The molecule has 2 aromatic carbocycles. The van der Waals surface area contributed by atoms with Crippen LogP contribution in [-0.2, 0) is 25.5 Å². The Morgan fingerprint density at radius 1 is 1.03 bits per heavy atom. The fraction of sp³-hybridized carbons (Fsp3) is 0.370. The highest BCUT2D eigenvalue weighted by atomic mass is 19.1. The Labute approximate surface area is 204 Å². The zero-order valence-electron chi connectivity index (χ0n) is 19.5. The van der Waals surface area contributed by atoms with Crippen LogP contribution in [0, 0.1) is 17.7 Å². The molecule has 2 aromatic rings. The summed E-state index contributed by atoms with van der Waals surface area (Å²) in [6.45, 7) is -0.113. The van der Waals surface area contributed by atoms with Crippen molar-refractivity contribution in [3.05, 3.63) is 83.7 Å². The normalized spacial score (nSPS) is 22.2. The maximum Gasteiger partial charge on any atom is 0.309 e. The van der Waals surface area contributed by atoms with E-state index in [0.29, 0.717) is 19.3 Å². The summed E-state index contributed by atoms with van der Waals surface area (Å²) in [4.78, 5) is 38.3. The third-order valence-corrected chi connectivity index (χ3v) is 5.88. The standard InChI is InChI=1S/C27H31FN2O5/c28-23-12-10-19(11-13-23)16-22-9-5-4-8-21(17-25(32)29-14-15-31)26(33)30-24(18-35-27(22)34)20-6-2-1-3-7-20/h1-7,10-13,21-22,24,31H,8-9,14-18H2,(H,29,32)(H,30,33)/b5-4-/t21-,22+,24-/m0/s1. The number of benzene rings is 2. The highest BCUT2D eigenvalue weighted by molar-refractivity contribution is 5.86. The predicted octanol–water partition coefficient (Wildman–Crippen LogP) is 2.85. The van der Waals surface area contributed by atoms with Gasteiger partial charge in [0.2, 0.25) is 11.8 Å². The zero-order valence-corrected chi connectivity index (χ0v) is 19.5. The fourth-order valence-electron chi connectivity index (χ4n) is 3.94. The van der Waals surface area contributed by atoms with Crippen molar-refractivity contribution in [3.63, 3.8) is 0 Å². The molecule has 186 valence electrons. The predicted molar refractivity (Wildman–Crippen MR) is 128 cm³/mol. The van der Waals surface area contributed by atoms with Gasteiger partial charge < -0.3 is 20.5 Å². The monoisotopic (exact) mass is 482 g/mol. The Hall–Kier alpha value is -3.52. The van der Waals surface area contributed by atoms with Crippen molar-refractivity contribution in [3.8, 4) is 0 Å². The van der Waals surface area contributed by atoms with Gasteiger partial charge in [-0.1, -0.05) is 54.6 Å². The molecule has 1 heterocycles. The third kappa shape index (κ3) is 8.33. The second-order valence-electron chi connectivity index (χ2n) is 8.55. The van der Waals surface area contributed by atoms with E-state index in [9.17, 15) is 18.8 Å². The van der Waals surface area contributed by atoms with Crippen molar-refractivity contribution < 1.29 is 28.6 Å². The molecule has 3 atom stereocenters. The van der Waals surface area contributed by atoms with Gasteiger partial charge in [0.25, 0.3) is 0 Å². The average Bonchev–Trinajstić information content (AvgIpc) is 2.87. The minimum atomic E-state index is -0.623. The maximum absolute atomic E-state index is 13.3. The van der Waals surface area contributed by atoms with Crippen LogP contribution in [0.25, 0.3) is 0 Å². The van der Waals surface area contributed by atoms with Crippen molar-refractivity contribution in [2.45, 2.75) is 31.7 Å². The first-order valence-corrected chi connectivity index (χ1v) is 11.7. The van der Waals surface area contributed by atoms with E-state index < -0.39 is 23.8 Å². The lowest BCUT2D eigenvalue weighted by atomic mass is 9.94. The van der Waals surface area contributed by atoms with E-state index in [4.69, 9.17) is 9.84 Å². The van der Waals surface area contributed by atoms with Crippen LogP contribution >= 0.6 is 0 Å². The number of halogens is 1. The lowest BCUT2D eigenvalue weighted by Crippen LogP contribution is -2.39. The van der Waals surface area contributed by atoms with Crippen molar-refractivity contribution >= 4 is 17.8 Å². The molecule has 3 N–H and O–H groups in total. The molecule has 0 bridgehead atoms. The number of esters is 1. The van der Waals surface area contributed by atoms with Gasteiger partial charge in [-0.25, -0.2) is 4.39 Å². The van der Waals surface area contributed by atoms with E-state index in [1.54, 1.807) is 18.2 Å². The van der Waals surface area contributed by atoms with Crippen molar-refractivity contribution in [1.29, 1.82) is 0 Å². The molecule has 35 heavy (non-hydrogen) atoms. The molecule has 1 aliphatic heterocycles. The van der Waals surface area contributed by atoms with Crippen molar-refractivity contribution in [2.24, 2.45) is 11.8 Å². The number of allylic oxidation sites excluding steroid dienone is 2. The number of amides is 2. The second-order valence-corrected chi connectivity index (χ2v) is 8.55. The summed E-state index contributed by atoms with van der Waals surface area (Å²) < 4.78 is 18.9. The minimum absolute atomic E-state index is 0.0313. The number of nitrogens with one attached hydrogen (secondary N) is 2. The van der Waals surface area contributed by atoms with Gasteiger partial charge in [0.05, 0.1) is 24.5 Å². The maximum atomic E-state index is 13.3. The van der Waals surface area contributed by atoms with Crippen molar-refractivity contribution in [1.82, 2.24) is 10.6 Å². The summed E-state index contributed by atoms with van der Waals surface area (Å²) in [5.74, 6) is -2.48. The summed E-state index contributed by atoms with van der Waals surface area (Å²) in [6, 6.07) is 14.6. The molecular weight excluding hydrogens is 451 g/mol. The highest BCUT2D eigenvalue weighted by Gasteiger charge is 2.27. The van der Waals surface area contributed by atoms with E-state index in [1.807, 2.05) is 36.4 Å². The molecular formula is C27H31FN2O5. The summed E-state index contributed by atoms with van der Waals surface area (Å²) >= 11 is 0. The van der Waals surface area contributed by atoms with Crippen molar-refractivity contribution in [2.75, 3.05) is 19.8 Å². The molecule has 2 amide bonds. The molecule has 0 fully saturated rings. The minimum Gasteiger partial charge on any atom is -0.463 e. The first-order valence-electron chi connectivity index (χ1n) is 11.7. The van der Waals surface area contributed by atoms with E-state index in [0.717, 1.165) is 11.1 Å². The van der Waals surface area contributed by atoms with E-state index in [-0.39, 0.29) is 43.8 Å². The van der Waals surface area contributed by atoms with Gasteiger partial charge in [0.15, 0.2) is 0 Å².